The van der Waals surface area contributed by atoms with Crippen molar-refractivity contribution in [2.75, 3.05) is 0 Å². The molecule has 5 rings (SSSR count). The number of hydrogen-bond acceptors (Lipinski definition) is 2. The fourth-order valence-corrected chi connectivity index (χ4v) is 4.61. The van der Waals surface area contributed by atoms with Crippen LogP contribution in [0, 0.1) is 5.92 Å². The van der Waals surface area contributed by atoms with Crippen molar-refractivity contribution >= 4 is 27.9 Å². The molecule has 2 aliphatic carbocycles. The number of fused-ring (bicyclic) bond motifs is 3. The molecular formula is C22H22N2O. The predicted octanol–water partition coefficient (Wildman–Crippen LogP) is 5.31. The fraction of sp³-hybridized carbons (Fsp3) is 0.409. The number of para-hydroxylation sites is 1. The van der Waals surface area contributed by atoms with Crippen LogP contribution in [0.2, 0.25) is 0 Å². The summed E-state index contributed by atoms with van der Waals surface area (Å²) in [5, 5.41) is 2.60. The molecule has 25 heavy (non-hydrogen) atoms. The van der Waals surface area contributed by atoms with Gasteiger partial charge in [0.15, 0.2) is 0 Å². The van der Waals surface area contributed by atoms with Gasteiger partial charge in [-0.2, -0.15) is 4.99 Å². The maximum atomic E-state index is 11.1. The zero-order valence-corrected chi connectivity index (χ0v) is 14.4. The van der Waals surface area contributed by atoms with Crippen LogP contribution >= 0.6 is 0 Å². The van der Waals surface area contributed by atoms with Crippen molar-refractivity contribution in [3.05, 3.63) is 48.0 Å². The van der Waals surface area contributed by atoms with E-state index in [1.54, 1.807) is 0 Å². The Hall–Kier alpha value is -2.38. The average Bonchev–Trinajstić information content (AvgIpc) is 3.25. The summed E-state index contributed by atoms with van der Waals surface area (Å²) in [6.45, 7) is 1.11. The van der Waals surface area contributed by atoms with Crippen molar-refractivity contribution in [2.24, 2.45) is 10.9 Å². The van der Waals surface area contributed by atoms with Crippen molar-refractivity contribution in [1.82, 2.24) is 4.57 Å². The summed E-state index contributed by atoms with van der Waals surface area (Å²) in [7, 11) is 0. The van der Waals surface area contributed by atoms with Crippen LogP contribution in [0.4, 0.5) is 0 Å². The van der Waals surface area contributed by atoms with Gasteiger partial charge >= 0.3 is 0 Å². The zero-order chi connectivity index (χ0) is 16.9. The van der Waals surface area contributed by atoms with E-state index in [1.807, 2.05) is 6.08 Å². The average molecular weight is 330 g/mol. The molecule has 0 unspecified atom stereocenters. The molecule has 0 N–H and O–H groups in total. The fourth-order valence-electron chi connectivity index (χ4n) is 4.61. The van der Waals surface area contributed by atoms with E-state index < -0.39 is 0 Å². The topological polar surface area (TPSA) is 34.4 Å². The molecule has 0 bridgehead atoms. The lowest BCUT2D eigenvalue weighted by molar-refractivity contribution is 0.456. The van der Waals surface area contributed by atoms with Crippen molar-refractivity contribution in [3.63, 3.8) is 0 Å². The molecule has 2 fully saturated rings. The molecule has 3 aromatic rings. The number of nitrogens with zero attached hydrogens (tertiary/aromatic N) is 2. The summed E-state index contributed by atoms with van der Waals surface area (Å²) >= 11 is 0. The Morgan fingerprint density at radius 3 is 2.56 bits per heavy atom. The van der Waals surface area contributed by atoms with E-state index in [2.05, 4.69) is 52.0 Å². The molecule has 1 heterocycles. The van der Waals surface area contributed by atoms with Crippen LogP contribution in [0.25, 0.3) is 21.8 Å². The Balaban J connectivity index is 1.74. The van der Waals surface area contributed by atoms with Crippen LogP contribution in [-0.2, 0) is 16.9 Å². The highest BCUT2D eigenvalue weighted by Crippen LogP contribution is 2.44. The van der Waals surface area contributed by atoms with E-state index in [4.69, 9.17) is 0 Å². The molecule has 0 saturated heterocycles. The van der Waals surface area contributed by atoms with E-state index in [1.165, 1.54) is 40.2 Å². The number of carbonyl (C=O) groups excluding carboxylic acids is 1. The molecule has 3 nitrogen and oxygen atoms in total. The molecule has 0 aliphatic heterocycles. The first-order valence-corrected chi connectivity index (χ1v) is 9.41. The van der Waals surface area contributed by atoms with Gasteiger partial charge in [0.25, 0.3) is 0 Å². The minimum Gasteiger partial charge on any atom is -0.340 e. The van der Waals surface area contributed by atoms with Crippen LogP contribution in [0.5, 0.6) is 0 Å². The molecule has 0 radical (unpaired) electrons. The number of benzene rings is 2. The van der Waals surface area contributed by atoms with E-state index in [0.717, 1.165) is 38.1 Å². The van der Waals surface area contributed by atoms with Gasteiger partial charge in [0.2, 0.25) is 6.08 Å². The second-order valence-electron chi connectivity index (χ2n) is 7.74. The number of rotatable bonds is 4. The smallest absolute Gasteiger partial charge is 0.235 e. The Morgan fingerprint density at radius 2 is 1.80 bits per heavy atom. The number of hydrogen-bond donors (Lipinski definition) is 0. The first kappa shape index (κ1) is 14.9. The third-order valence-corrected chi connectivity index (χ3v) is 6.14. The summed E-state index contributed by atoms with van der Waals surface area (Å²) in [6, 6.07) is 15.4. The lowest BCUT2D eigenvalue weighted by atomic mass is 9.88. The molecule has 2 aromatic carbocycles. The third kappa shape index (κ3) is 2.34. The molecule has 0 spiro atoms. The van der Waals surface area contributed by atoms with Crippen LogP contribution in [0.1, 0.15) is 44.1 Å². The first-order chi connectivity index (χ1) is 12.3. The number of aliphatic imine (C=N–C) groups is 1. The second kappa shape index (κ2) is 5.57. The highest BCUT2D eigenvalue weighted by atomic mass is 16.1. The summed E-state index contributed by atoms with van der Waals surface area (Å²) in [5.41, 5.74) is 3.45. The van der Waals surface area contributed by atoms with Gasteiger partial charge in [-0.15, -0.1) is 0 Å². The van der Waals surface area contributed by atoms with Gasteiger partial charge in [0.1, 0.15) is 0 Å². The van der Waals surface area contributed by atoms with Gasteiger partial charge < -0.3 is 4.57 Å². The summed E-state index contributed by atoms with van der Waals surface area (Å²) in [6.07, 6.45) is 8.71. The van der Waals surface area contributed by atoms with Crippen LogP contribution < -0.4 is 0 Å². The van der Waals surface area contributed by atoms with Gasteiger partial charge in [-0.1, -0.05) is 37.1 Å². The van der Waals surface area contributed by atoms with E-state index in [0.29, 0.717) is 0 Å². The third-order valence-electron chi connectivity index (χ3n) is 6.14. The zero-order valence-electron chi connectivity index (χ0n) is 14.4. The Bertz CT molecular complexity index is 999. The summed E-state index contributed by atoms with van der Waals surface area (Å²) < 4.78 is 2.48. The van der Waals surface area contributed by atoms with Crippen molar-refractivity contribution in [1.29, 1.82) is 0 Å². The van der Waals surface area contributed by atoms with Gasteiger partial charge in [0, 0.05) is 28.4 Å². The van der Waals surface area contributed by atoms with Crippen LogP contribution in [-0.4, -0.2) is 10.6 Å². The Labute approximate surface area is 147 Å². The normalized spacial score (nSPS) is 19.4. The molecule has 2 saturated carbocycles. The minimum atomic E-state index is -0.352. The summed E-state index contributed by atoms with van der Waals surface area (Å²) in [4.78, 5) is 15.3. The predicted molar refractivity (Wildman–Crippen MR) is 100 cm³/mol. The highest BCUT2D eigenvalue weighted by Gasteiger charge is 2.36. The van der Waals surface area contributed by atoms with E-state index in [9.17, 15) is 4.79 Å². The molecule has 0 amide bonds. The van der Waals surface area contributed by atoms with Crippen molar-refractivity contribution in [3.8, 4) is 0 Å². The number of aromatic nitrogens is 1. The minimum absolute atomic E-state index is 0.352. The van der Waals surface area contributed by atoms with Crippen LogP contribution in [0.3, 0.4) is 0 Å². The maximum absolute atomic E-state index is 11.1. The van der Waals surface area contributed by atoms with Crippen LogP contribution in [0.15, 0.2) is 47.5 Å². The SMILES string of the molecule is O=C=NC1(c2ccc3c(c2)c2ccccc2n3CC2CC2)CCCC1. The molecule has 1 aromatic heterocycles. The number of isocyanates is 1. The Morgan fingerprint density at radius 1 is 1.04 bits per heavy atom. The Kier molecular flexibility index (Phi) is 3.33. The maximum Gasteiger partial charge on any atom is 0.235 e. The molecular weight excluding hydrogens is 308 g/mol. The molecule has 0 atom stereocenters. The second-order valence-corrected chi connectivity index (χ2v) is 7.74. The van der Waals surface area contributed by atoms with Crippen molar-refractivity contribution < 1.29 is 4.79 Å². The molecule has 2 aliphatic rings. The lowest BCUT2D eigenvalue weighted by Gasteiger charge is -2.23. The van der Waals surface area contributed by atoms with Crippen molar-refractivity contribution in [2.45, 2.75) is 50.6 Å². The quantitative estimate of drug-likeness (QED) is 0.471. The van der Waals surface area contributed by atoms with E-state index in [-0.39, 0.29) is 5.54 Å². The standard InChI is InChI=1S/C22H22N2O/c25-15-23-22(11-3-4-12-22)17-9-10-21-19(13-17)18-5-1-2-6-20(18)24(21)14-16-7-8-16/h1-2,5-6,9-10,13,16H,3-4,7-8,11-12,14H2. The molecule has 126 valence electrons. The lowest BCUT2D eigenvalue weighted by Crippen LogP contribution is -2.18. The van der Waals surface area contributed by atoms with Gasteiger partial charge in [-0.05, 0) is 55.4 Å². The molecule has 3 heteroatoms. The summed E-state index contributed by atoms with van der Waals surface area (Å²) in [5.74, 6) is 0.833. The van der Waals surface area contributed by atoms with Gasteiger partial charge in [0.05, 0.1) is 5.54 Å². The largest absolute Gasteiger partial charge is 0.340 e. The monoisotopic (exact) mass is 330 g/mol. The van der Waals surface area contributed by atoms with Gasteiger partial charge in [-0.3, -0.25) is 0 Å². The highest BCUT2D eigenvalue weighted by molar-refractivity contribution is 6.08. The van der Waals surface area contributed by atoms with E-state index >= 15 is 0 Å². The first-order valence-electron chi connectivity index (χ1n) is 9.41. The van der Waals surface area contributed by atoms with Gasteiger partial charge in [-0.25, -0.2) is 4.79 Å².